The molecule has 0 spiro atoms. The number of benzene rings is 2. The first kappa shape index (κ1) is 14.6. The summed E-state index contributed by atoms with van der Waals surface area (Å²) < 4.78 is 0. The molecule has 0 atom stereocenters. The van der Waals surface area contributed by atoms with E-state index in [2.05, 4.69) is 0 Å². The van der Waals surface area contributed by atoms with E-state index in [1.807, 2.05) is 62.4 Å². The summed E-state index contributed by atoms with van der Waals surface area (Å²) in [4.78, 5) is 26.6. The quantitative estimate of drug-likeness (QED) is 0.764. The molecule has 0 unspecified atom stereocenters. The zero-order valence-electron chi connectivity index (χ0n) is 12.4. The van der Waals surface area contributed by atoms with Crippen LogP contribution in [0.25, 0.3) is 6.08 Å². The number of anilines is 1. The topological polar surface area (TPSA) is 37.4 Å². The molecule has 1 saturated heterocycles. The van der Waals surface area contributed by atoms with Crippen molar-refractivity contribution >= 4 is 34.7 Å². The molecular weight excluding hydrogens is 294 g/mol. The Balaban J connectivity index is 1.99. The minimum Gasteiger partial charge on any atom is -0.268 e. The van der Waals surface area contributed by atoms with E-state index in [4.69, 9.17) is 0 Å². The summed E-state index contributed by atoms with van der Waals surface area (Å²) in [6.07, 6.45) is 1.76. The first-order valence-electron chi connectivity index (χ1n) is 6.96. The van der Waals surface area contributed by atoms with Crippen LogP contribution in [-0.2, 0) is 4.79 Å². The Morgan fingerprint density at radius 2 is 1.73 bits per heavy atom. The number of carbonyl (C=O) groups is 2. The summed E-state index contributed by atoms with van der Waals surface area (Å²) in [5.74, 6) is -0.257. The molecule has 0 N–H and O–H groups in total. The van der Waals surface area contributed by atoms with Gasteiger partial charge in [0.15, 0.2) is 0 Å². The molecule has 1 heterocycles. The van der Waals surface area contributed by atoms with Crippen LogP contribution in [0.4, 0.5) is 10.5 Å². The van der Waals surface area contributed by atoms with Gasteiger partial charge in [0.1, 0.15) is 0 Å². The van der Waals surface area contributed by atoms with Gasteiger partial charge >= 0.3 is 0 Å². The predicted molar refractivity (Wildman–Crippen MR) is 90.8 cm³/mol. The molecule has 1 aliphatic heterocycles. The second-order valence-electron chi connectivity index (χ2n) is 5.22. The summed E-state index contributed by atoms with van der Waals surface area (Å²) >= 11 is 0.985. The van der Waals surface area contributed by atoms with Gasteiger partial charge in [-0.1, -0.05) is 42.5 Å². The van der Waals surface area contributed by atoms with E-state index < -0.39 is 0 Å². The number of hydrogen-bond donors (Lipinski definition) is 0. The van der Waals surface area contributed by atoms with Gasteiger partial charge in [-0.2, -0.15) is 0 Å². The number of aryl methyl sites for hydroxylation is 2. The standard InChI is InChI=1S/C18H15NO2S/c1-12-8-9-13(2)15(10-12)19-17(20)16(22-18(19)21)11-14-6-4-3-5-7-14/h3-11H,1-2H3/b16-11-. The van der Waals surface area contributed by atoms with Crippen LogP contribution < -0.4 is 4.90 Å². The van der Waals surface area contributed by atoms with Crippen LogP contribution in [0.15, 0.2) is 53.4 Å². The zero-order valence-corrected chi connectivity index (χ0v) is 13.2. The van der Waals surface area contributed by atoms with Crippen molar-refractivity contribution in [1.82, 2.24) is 0 Å². The summed E-state index contributed by atoms with van der Waals surface area (Å²) in [5.41, 5.74) is 3.51. The highest BCUT2D eigenvalue weighted by atomic mass is 32.2. The molecule has 0 saturated carbocycles. The molecule has 0 radical (unpaired) electrons. The highest BCUT2D eigenvalue weighted by Crippen LogP contribution is 2.37. The van der Waals surface area contributed by atoms with Crippen LogP contribution in [-0.4, -0.2) is 11.1 Å². The van der Waals surface area contributed by atoms with Gasteiger partial charge in [-0.25, -0.2) is 4.90 Å². The van der Waals surface area contributed by atoms with Crippen molar-refractivity contribution in [2.45, 2.75) is 13.8 Å². The van der Waals surface area contributed by atoms with Crippen LogP contribution in [0.2, 0.25) is 0 Å². The first-order chi connectivity index (χ1) is 10.6. The Morgan fingerprint density at radius 1 is 1.00 bits per heavy atom. The van der Waals surface area contributed by atoms with E-state index >= 15 is 0 Å². The van der Waals surface area contributed by atoms with Gasteiger partial charge in [-0.3, -0.25) is 9.59 Å². The molecule has 0 bridgehead atoms. The molecule has 22 heavy (non-hydrogen) atoms. The van der Waals surface area contributed by atoms with E-state index in [1.165, 1.54) is 4.90 Å². The van der Waals surface area contributed by atoms with Crippen molar-refractivity contribution in [2.24, 2.45) is 0 Å². The summed E-state index contributed by atoms with van der Waals surface area (Å²) in [6, 6.07) is 15.3. The van der Waals surface area contributed by atoms with E-state index in [0.29, 0.717) is 10.6 Å². The molecule has 3 rings (SSSR count). The van der Waals surface area contributed by atoms with Crippen LogP contribution in [0, 0.1) is 13.8 Å². The zero-order chi connectivity index (χ0) is 15.7. The molecule has 3 nitrogen and oxygen atoms in total. The fraction of sp³-hybridized carbons (Fsp3) is 0.111. The SMILES string of the molecule is Cc1ccc(C)c(N2C(=O)S/C(=C\c3ccccc3)C2=O)c1. The average molecular weight is 309 g/mol. The van der Waals surface area contributed by atoms with Gasteiger partial charge in [0.05, 0.1) is 10.6 Å². The fourth-order valence-electron chi connectivity index (χ4n) is 2.34. The lowest BCUT2D eigenvalue weighted by atomic mass is 10.1. The van der Waals surface area contributed by atoms with Crippen molar-refractivity contribution in [3.05, 3.63) is 70.1 Å². The largest absolute Gasteiger partial charge is 0.298 e. The van der Waals surface area contributed by atoms with Crippen LogP contribution in [0.3, 0.4) is 0 Å². The third-order valence-corrected chi connectivity index (χ3v) is 4.37. The second kappa shape index (κ2) is 5.81. The predicted octanol–water partition coefficient (Wildman–Crippen LogP) is 4.54. The number of nitrogens with zero attached hydrogens (tertiary/aromatic N) is 1. The number of imide groups is 1. The smallest absolute Gasteiger partial charge is 0.268 e. The molecule has 2 aromatic carbocycles. The maximum absolute atomic E-state index is 12.6. The van der Waals surface area contributed by atoms with Gasteiger partial charge in [0.2, 0.25) is 0 Å². The Hall–Kier alpha value is -2.33. The van der Waals surface area contributed by atoms with Crippen molar-refractivity contribution in [3.8, 4) is 0 Å². The number of hydrogen-bond acceptors (Lipinski definition) is 3. The Kier molecular flexibility index (Phi) is 3.86. The maximum Gasteiger partial charge on any atom is 0.298 e. The third kappa shape index (κ3) is 2.70. The Labute approximate surface area is 133 Å². The first-order valence-corrected chi connectivity index (χ1v) is 7.78. The van der Waals surface area contributed by atoms with Gasteiger partial charge in [0, 0.05) is 0 Å². The van der Waals surface area contributed by atoms with Crippen LogP contribution in [0.5, 0.6) is 0 Å². The van der Waals surface area contributed by atoms with Crippen LogP contribution >= 0.6 is 11.8 Å². The monoisotopic (exact) mass is 309 g/mol. The molecular formula is C18H15NO2S. The highest BCUT2D eigenvalue weighted by molar-refractivity contribution is 8.19. The molecule has 1 aliphatic rings. The minimum atomic E-state index is -0.257. The molecule has 1 fully saturated rings. The third-order valence-electron chi connectivity index (χ3n) is 3.50. The van der Waals surface area contributed by atoms with Gasteiger partial charge < -0.3 is 0 Å². The number of thioether (sulfide) groups is 1. The summed E-state index contributed by atoms with van der Waals surface area (Å²) in [5, 5.41) is -0.249. The average Bonchev–Trinajstić information content (AvgIpc) is 2.77. The summed E-state index contributed by atoms with van der Waals surface area (Å²) in [6.45, 7) is 3.85. The number of carbonyl (C=O) groups excluding carboxylic acids is 2. The van der Waals surface area contributed by atoms with Gasteiger partial charge in [-0.05, 0) is 54.4 Å². The molecule has 4 heteroatoms. The molecule has 0 aliphatic carbocycles. The lowest BCUT2D eigenvalue weighted by Crippen LogP contribution is -2.28. The lowest BCUT2D eigenvalue weighted by Gasteiger charge is -2.15. The van der Waals surface area contributed by atoms with Crippen LogP contribution in [0.1, 0.15) is 16.7 Å². The minimum absolute atomic E-state index is 0.249. The Bertz CT molecular complexity index is 781. The molecule has 2 aromatic rings. The second-order valence-corrected chi connectivity index (χ2v) is 6.21. The van der Waals surface area contributed by atoms with E-state index in [-0.39, 0.29) is 11.1 Å². The van der Waals surface area contributed by atoms with E-state index in [9.17, 15) is 9.59 Å². The van der Waals surface area contributed by atoms with Gasteiger partial charge in [0.25, 0.3) is 11.1 Å². The van der Waals surface area contributed by atoms with Crippen molar-refractivity contribution in [3.63, 3.8) is 0 Å². The van der Waals surface area contributed by atoms with Crippen molar-refractivity contribution in [2.75, 3.05) is 4.90 Å². The fourth-order valence-corrected chi connectivity index (χ4v) is 3.17. The lowest BCUT2D eigenvalue weighted by molar-refractivity contribution is -0.113. The maximum atomic E-state index is 12.6. The molecule has 2 amide bonds. The molecule has 0 aromatic heterocycles. The highest BCUT2D eigenvalue weighted by Gasteiger charge is 2.36. The van der Waals surface area contributed by atoms with E-state index in [0.717, 1.165) is 28.5 Å². The Morgan fingerprint density at radius 3 is 2.45 bits per heavy atom. The van der Waals surface area contributed by atoms with Crippen molar-refractivity contribution in [1.29, 1.82) is 0 Å². The van der Waals surface area contributed by atoms with Crippen molar-refractivity contribution < 1.29 is 9.59 Å². The summed E-state index contributed by atoms with van der Waals surface area (Å²) in [7, 11) is 0. The number of amides is 2. The number of rotatable bonds is 2. The molecule has 110 valence electrons. The van der Waals surface area contributed by atoms with E-state index in [1.54, 1.807) is 6.08 Å². The van der Waals surface area contributed by atoms with Gasteiger partial charge in [-0.15, -0.1) is 0 Å². The normalized spacial score (nSPS) is 16.6.